The van der Waals surface area contributed by atoms with E-state index in [1.807, 2.05) is 0 Å². The van der Waals surface area contributed by atoms with Crippen LogP contribution in [0.1, 0.15) is 21.7 Å². The lowest BCUT2D eigenvalue weighted by atomic mass is 10.1. The molecule has 0 saturated heterocycles. The highest BCUT2D eigenvalue weighted by molar-refractivity contribution is 7.07. The third kappa shape index (κ3) is 3.60. The van der Waals surface area contributed by atoms with E-state index in [2.05, 4.69) is 26.7 Å². The number of carbonyl (C=O) groups is 1. The fourth-order valence-electron chi connectivity index (χ4n) is 1.39. The zero-order valence-electron chi connectivity index (χ0n) is 10.3. The van der Waals surface area contributed by atoms with Gasteiger partial charge in [-0.25, -0.2) is 4.39 Å². The number of nitrogens with zero attached hydrogens (tertiary/aromatic N) is 2. The number of halogens is 1. The molecule has 102 valence electrons. The van der Waals surface area contributed by atoms with Crippen LogP contribution in [-0.4, -0.2) is 27.2 Å². The summed E-state index contributed by atoms with van der Waals surface area (Å²) in [6.45, 7) is -0.0729. The highest BCUT2D eigenvalue weighted by Crippen LogP contribution is 2.17. The monoisotopic (exact) mass is 291 g/mol. The molecule has 0 bridgehead atoms. The van der Waals surface area contributed by atoms with E-state index in [0.717, 1.165) is 11.5 Å². The summed E-state index contributed by atoms with van der Waals surface area (Å²) in [4.78, 5) is 12.2. The first-order valence-corrected chi connectivity index (χ1v) is 6.46. The number of hydrogen-bond donors (Lipinski definition) is 2. The normalized spacial score (nSPS) is 9.70. The Morgan fingerprint density at radius 1 is 1.50 bits per heavy atom. The summed E-state index contributed by atoms with van der Waals surface area (Å²) in [5.74, 6) is 4.57. The van der Waals surface area contributed by atoms with Crippen LogP contribution in [0.2, 0.25) is 0 Å². The fraction of sp³-hybridized carbons (Fsp3) is 0.154. The number of aliphatic hydroxyl groups is 1. The predicted octanol–water partition coefficient (Wildman–Crippen LogP) is 1.66. The number of carbonyl (C=O) groups excluding carboxylic acids is 1. The van der Waals surface area contributed by atoms with Gasteiger partial charge in [-0.2, -0.15) is 0 Å². The second-order valence-electron chi connectivity index (χ2n) is 3.70. The minimum absolute atomic E-state index is 0.0729. The van der Waals surface area contributed by atoms with Gasteiger partial charge in [-0.1, -0.05) is 16.3 Å². The molecule has 1 heterocycles. The molecular formula is C13H10FN3O2S. The standard InChI is InChI=1S/C13H10FN3O2S/c14-10-4-5-11(9(7-10)3-1-2-6-18)16-13(19)12-8-15-17-20-12/h4-5,7-8,18H,2,6H2,(H,16,19). The molecule has 0 aliphatic carbocycles. The molecule has 0 aliphatic heterocycles. The molecule has 0 fully saturated rings. The van der Waals surface area contributed by atoms with Gasteiger partial charge in [-0.15, -0.1) is 5.10 Å². The lowest BCUT2D eigenvalue weighted by Crippen LogP contribution is -2.11. The quantitative estimate of drug-likeness (QED) is 0.843. The number of aliphatic hydroxyl groups excluding tert-OH is 1. The summed E-state index contributed by atoms with van der Waals surface area (Å²) >= 11 is 0.964. The largest absolute Gasteiger partial charge is 0.395 e. The van der Waals surface area contributed by atoms with Gasteiger partial charge in [0.15, 0.2) is 0 Å². The first-order chi connectivity index (χ1) is 9.70. The molecule has 2 N–H and O–H groups in total. The van der Waals surface area contributed by atoms with E-state index in [9.17, 15) is 9.18 Å². The Morgan fingerprint density at radius 3 is 3.05 bits per heavy atom. The molecule has 0 spiro atoms. The summed E-state index contributed by atoms with van der Waals surface area (Å²) in [6, 6.07) is 3.90. The number of nitrogens with one attached hydrogen (secondary N) is 1. The highest BCUT2D eigenvalue weighted by Gasteiger charge is 2.11. The van der Waals surface area contributed by atoms with Crippen molar-refractivity contribution in [1.82, 2.24) is 9.59 Å². The lowest BCUT2D eigenvalue weighted by Gasteiger charge is -2.06. The zero-order chi connectivity index (χ0) is 14.4. The number of benzene rings is 1. The Labute approximate surface area is 118 Å². The average molecular weight is 291 g/mol. The number of aromatic nitrogens is 2. The third-order valence-electron chi connectivity index (χ3n) is 2.27. The second-order valence-corrected chi connectivity index (χ2v) is 4.49. The van der Waals surface area contributed by atoms with Crippen LogP contribution < -0.4 is 5.32 Å². The van der Waals surface area contributed by atoms with Gasteiger partial charge < -0.3 is 10.4 Å². The first kappa shape index (κ1) is 14.1. The van der Waals surface area contributed by atoms with Crippen molar-refractivity contribution in [1.29, 1.82) is 0 Å². The zero-order valence-corrected chi connectivity index (χ0v) is 11.1. The number of rotatable bonds is 3. The minimum atomic E-state index is -0.448. The van der Waals surface area contributed by atoms with E-state index in [4.69, 9.17) is 5.11 Å². The smallest absolute Gasteiger partial charge is 0.269 e. The Bertz CT molecular complexity index is 662. The molecule has 1 aromatic carbocycles. The van der Waals surface area contributed by atoms with Crippen LogP contribution in [0, 0.1) is 17.7 Å². The van der Waals surface area contributed by atoms with Gasteiger partial charge in [0, 0.05) is 6.42 Å². The van der Waals surface area contributed by atoms with Crippen molar-refractivity contribution in [2.45, 2.75) is 6.42 Å². The van der Waals surface area contributed by atoms with E-state index in [0.29, 0.717) is 16.1 Å². The summed E-state index contributed by atoms with van der Waals surface area (Å²) in [6.07, 6.45) is 1.63. The highest BCUT2D eigenvalue weighted by atomic mass is 32.1. The molecular weight excluding hydrogens is 281 g/mol. The predicted molar refractivity (Wildman–Crippen MR) is 72.8 cm³/mol. The average Bonchev–Trinajstić information content (AvgIpc) is 2.96. The van der Waals surface area contributed by atoms with Gasteiger partial charge in [-0.3, -0.25) is 4.79 Å². The van der Waals surface area contributed by atoms with Crippen LogP contribution in [0.25, 0.3) is 0 Å². The van der Waals surface area contributed by atoms with Crippen molar-refractivity contribution in [3.8, 4) is 11.8 Å². The fourth-order valence-corrected chi connectivity index (χ4v) is 1.80. The molecule has 0 atom stereocenters. The SMILES string of the molecule is O=C(Nc1ccc(F)cc1C#CCCO)c1cnns1. The van der Waals surface area contributed by atoms with Crippen LogP contribution >= 0.6 is 11.5 Å². The van der Waals surface area contributed by atoms with Gasteiger partial charge >= 0.3 is 0 Å². The van der Waals surface area contributed by atoms with E-state index < -0.39 is 5.82 Å². The summed E-state index contributed by atoms with van der Waals surface area (Å²) in [7, 11) is 0. The Morgan fingerprint density at radius 2 is 2.35 bits per heavy atom. The Kier molecular flexibility index (Phi) is 4.76. The number of amides is 1. The van der Waals surface area contributed by atoms with Gasteiger partial charge in [0.25, 0.3) is 5.91 Å². The van der Waals surface area contributed by atoms with Gasteiger partial charge in [0.1, 0.15) is 10.7 Å². The van der Waals surface area contributed by atoms with Crippen molar-refractivity contribution in [2.24, 2.45) is 0 Å². The summed E-state index contributed by atoms with van der Waals surface area (Å²) in [5.41, 5.74) is 0.750. The van der Waals surface area contributed by atoms with Crippen molar-refractivity contribution in [3.63, 3.8) is 0 Å². The van der Waals surface area contributed by atoms with E-state index in [1.54, 1.807) is 0 Å². The molecule has 0 aliphatic rings. The van der Waals surface area contributed by atoms with Crippen LogP contribution in [0.15, 0.2) is 24.4 Å². The molecule has 0 unspecified atom stereocenters. The third-order valence-corrected chi connectivity index (χ3v) is 2.94. The maximum Gasteiger partial charge on any atom is 0.269 e. The van der Waals surface area contributed by atoms with Crippen LogP contribution in [0.4, 0.5) is 10.1 Å². The van der Waals surface area contributed by atoms with Crippen molar-refractivity contribution in [3.05, 3.63) is 40.7 Å². The molecule has 5 nitrogen and oxygen atoms in total. The molecule has 0 radical (unpaired) electrons. The van der Waals surface area contributed by atoms with E-state index in [-0.39, 0.29) is 18.9 Å². The van der Waals surface area contributed by atoms with E-state index in [1.165, 1.54) is 24.4 Å². The second kappa shape index (κ2) is 6.75. The molecule has 20 heavy (non-hydrogen) atoms. The van der Waals surface area contributed by atoms with Crippen molar-refractivity contribution in [2.75, 3.05) is 11.9 Å². The maximum absolute atomic E-state index is 13.2. The van der Waals surface area contributed by atoms with Crippen LogP contribution in [-0.2, 0) is 0 Å². The lowest BCUT2D eigenvalue weighted by molar-refractivity contribution is 0.103. The Hall–Kier alpha value is -2.30. The van der Waals surface area contributed by atoms with E-state index >= 15 is 0 Å². The van der Waals surface area contributed by atoms with Crippen molar-refractivity contribution >= 4 is 23.1 Å². The first-order valence-electron chi connectivity index (χ1n) is 5.68. The molecule has 1 aromatic heterocycles. The summed E-state index contributed by atoms with van der Waals surface area (Å²) < 4.78 is 16.8. The molecule has 7 heteroatoms. The molecule has 2 aromatic rings. The van der Waals surface area contributed by atoms with Gasteiger partial charge in [0.05, 0.1) is 24.1 Å². The number of hydrogen-bond acceptors (Lipinski definition) is 5. The van der Waals surface area contributed by atoms with Crippen LogP contribution in [0.3, 0.4) is 0 Å². The van der Waals surface area contributed by atoms with Gasteiger partial charge in [-0.05, 0) is 29.7 Å². The molecule has 1 amide bonds. The molecule has 2 rings (SSSR count). The van der Waals surface area contributed by atoms with Crippen molar-refractivity contribution < 1.29 is 14.3 Å². The summed E-state index contributed by atoms with van der Waals surface area (Å²) in [5, 5.41) is 14.9. The minimum Gasteiger partial charge on any atom is -0.395 e. The Balaban J connectivity index is 2.23. The maximum atomic E-state index is 13.2. The van der Waals surface area contributed by atoms with Gasteiger partial charge in [0.2, 0.25) is 0 Å². The topological polar surface area (TPSA) is 75.1 Å². The number of anilines is 1. The molecule has 0 saturated carbocycles. The van der Waals surface area contributed by atoms with Crippen LogP contribution in [0.5, 0.6) is 0 Å².